The molecule has 0 bridgehead atoms. The molecule has 0 aromatic carbocycles. The van der Waals surface area contributed by atoms with E-state index in [1.165, 1.54) is 6.08 Å². The van der Waals surface area contributed by atoms with Gasteiger partial charge < -0.3 is 10.2 Å². The van der Waals surface area contributed by atoms with Gasteiger partial charge in [0.05, 0.1) is 0 Å². The molecule has 0 radical (unpaired) electrons. The first-order valence-corrected chi connectivity index (χ1v) is 5.15. The summed E-state index contributed by atoms with van der Waals surface area (Å²) in [6.07, 6.45) is 1.59. The summed E-state index contributed by atoms with van der Waals surface area (Å²) in [4.78, 5) is 10.5. The van der Waals surface area contributed by atoms with Crippen molar-refractivity contribution in [1.82, 2.24) is 0 Å². The van der Waals surface area contributed by atoms with Crippen LogP contribution in [-0.4, -0.2) is 28.0 Å². The number of carboxylic acid groups (broad SMARTS) is 1. The third-order valence-corrected chi connectivity index (χ3v) is 3.02. The molecule has 0 saturated carbocycles. The molecule has 3 nitrogen and oxygen atoms in total. The molecule has 1 aliphatic rings. The molecule has 15 heavy (non-hydrogen) atoms. The van der Waals surface area contributed by atoms with Crippen LogP contribution in [0.1, 0.15) is 26.7 Å². The number of hydrogen-bond acceptors (Lipinski definition) is 2. The second-order valence-corrected chi connectivity index (χ2v) is 4.50. The lowest BCUT2D eigenvalue weighted by molar-refractivity contribution is -0.151. The van der Waals surface area contributed by atoms with Crippen molar-refractivity contribution in [3.63, 3.8) is 0 Å². The van der Waals surface area contributed by atoms with Gasteiger partial charge in [0.25, 0.3) is 0 Å². The van der Waals surface area contributed by atoms with Crippen molar-refractivity contribution in [2.45, 2.75) is 38.5 Å². The van der Waals surface area contributed by atoms with E-state index in [2.05, 4.69) is 0 Å². The monoisotopic (exact) mass is 216 g/mol. The van der Waals surface area contributed by atoms with E-state index in [-0.39, 0.29) is 6.42 Å². The summed E-state index contributed by atoms with van der Waals surface area (Å²) in [5.74, 6) is -0.884. The first-order chi connectivity index (χ1) is 6.87. The number of carbonyl (C=O) groups is 1. The van der Waals surface area contributed by atoms with Gasteiger partial charge >= 0.3 is 5.97 Å². The minimum Gasteiger partial charge on any atom is -0.479 e. The Labute approximate surface area is 88.6 Å². The molecule has 3 atom stereocenters. The summed E-state index contributed by atoms with van der Waals surface area (Å²) in [7, 11) is 0. The average molecular weight is 216 g/mol. The SMILES string of the molecule is CC(C)C1C=CC(O)(C(F)C(=O)O)CC1. The number of carboxylic acids is 1. The molecule has 0 saturated heterocycles. The Morgan fingerprint density at radius 1 is 1.60 bits per heavy atom. The standard InChI is InChI=1S/C11H17FO3/c1-7(2)8-3-5-11(15,6-4-8)9(12)10(13)14/h3,5,7-9,15H,4,6H2,1-2H3,(H,13,14). The van der Waals surface area contributed by atoms with Crippen molar-refractivity contribution in [2.24, 2.45) is 11.8 Å². The second-order valence-electron chi connectivity index (χ2n) is 4.50. The van der Waals surface area contributed by atoms with E-state index in [9.17, 15) is 14.3 Å². The van der Waals surface area contributed by atoms with Crippen LogP contribution in [0.25, 0.3) is 0 Å². The largest absolute Gasteiger partial charge is 0.479 e. The molecule has 3 unspecified atom stereocenters. The highest BCUT2D eigenvalue weighted by atomic mass is 19.1. The highest BCUT2D eigenvalue weighted by Crippen LogP contribution is 2.33. The fourth-order valence-corrected chi connectivity index (χ4v) is 1.85. The van der Waals surface area contributed by atoms with E-state index in [0.29, 0.717) is 18.3 Å². The van der Waals surface area contributed by atoms with E-state index in [0.717, 1.165) is 0 Å². The number of rotatable bonds is 3. The van der Waals surface area contributed by atoms with Gasteiger partial charge in [-0.25, -0.2) is 9.18 Å². The number of hydrogen-bond donors (Lipinski definition) is 2. The fourth-order valence-electron chi connectivity index (χ4n) is 1.85. The third-order valence-electron chi connectivity index (χ3n) is 3.02. The van der Waals surface area contributed by atoms with Gasteiger partial charge in [-0.3, -0.25) is 0 Å². The zero-order valence-corrected chi connectivity index (χ0v) is 8.98. The fraction of sp³-hybridized carbons (Fsp3) is 0.727. The van der Waals surface area contributed by atoms with E-state index in [4.69, 9.17) is 5.11 Å². The number of alkyl halides is 1. The molecule has 0 aromatic heterocycles. The van der Waals surface area contributed by atoms with Crippen molar-refractivity contribution in [3.05, 3.63) is 12.2 Å². The third kappa shape index (κ3) is 2.56. The Bertz CT molecular complexity index is 275. The molecule has 2 N–H and O–H groups in total. The smallest absolute Gasteiger partial charge is 0.341 e. The van der Waals surface area contributed by atoms with Crippen molar-refractivity contribution in [2.75, 3.05) is 0 Å². The topological polar surface area (TPSA) is 57.5 Å². The Morgan fingerprint density at radius 3 is 2.53 bits per heavy atom. The highest BCUT2D eigenvalue weighted by Gasteiger charge is 2.42. The summed E-state index contributed by atoms with van der Waals surface area (Å²) in [5.41, 5.74) is -1.82. The van der Waals surface area contributed by atoms with Crippen LogP contribution in [0.15, 0.2) is 12.2 Å². The molecule has 0 heterocycles. The Hall–Kier alpha value is -0.900. The quantitative estimate of drug-likeness (QED) is 0.707. The molecule has 4 heteroatoms. The van der Waals surface area contributed by atoms with Crippen LogP contribution in [0.3, 0.4) is 0 Å². The summed E-state index contributed by atoms with van der Waals surface area (Å²) in [5, 5.41) is 18.3. The highest BCUT2D eigenvalue weighted by molar-refractivity contribution is 5.74. The summed E-state index contributed by atoms with van der Waals surface area (Å²) >= 11 is 0. The lowest BCUT2D eigenvalue weighted by Crippen LogP contribution is -2.44. The maximum atomic E-state index is 13.2. The number of allylic oxidation sites excluding steroid dienone is 1. The maximum Gasteiger partial charge on any atom is 0.341 e. The number of aliphatic carboxylic acids is 1. The van der Waals surface area contributed by atoms with E-state index in [1.54, 1.807) is 6.08 Å². The van der Waals surface area contributed by atoms with Crippen molar-refractivity contribution < 1.29 is 19.4 Å². The number of halogens is 1. The normalized spacial score (nSPS) is 33.0. The van der Waals surface area contributed by atoms with Crippen molar-refractivity contribution >= 4 is 5.97 Å². The average Bonchev–Trinajstić information content (AvgIpc) is 2.17. The Balaban J connectivity index is 2.75. The zero-order valence-electron chi connectivity index (χ0n) is 8.98. The zero-order chi connectivity index (χ0) is 11.6. The van der Waals surface area contributed by atoms with Crippen LogP contribution >= 0.6 is 0 Å². The van der Waals surface area contributed by atoms with Gasteiger partial charge in [0.2, 0.25) is 6.17 Å². The molecule has 0 aromatic rings. The van der Waals surface area contributed by atoms with E-state index < -0.39 is 17.7 Å². The van der Waals surface area contributed by atoms with Crippen LogP contribution in [0.4, 0.5) is 4.39 Å². The summed E-state index contributed by atoms with van der Waals surface area (Å²) < 4.78 is 13.2. The van der Waals surface area contributed by atoms with Gasteiger partial charge in [0, 0.05) is 0 Å². The second kappa shape index (κ2) is 4.31. The van der Waals surface area contributed by atoms with Gasteiger partial charge in [0.15, 0.2) is 0 Å². The van der Waals surface area contributed by atoms with Crippen LogP contribution in [0.5, 0.6) is 0 Å². The van der Waals surface area contributed by atoms with Crippen LogP contribution in [0.2, 0.25) is 0 Å². The molecule has 1 aliphatic carbocycles. The van der Waals surface area contributed by atoms with Gasteiger partial charge in [-0.2, -0.15) is 0 Å². The van der Waals surface area contributed by atoms with E-state index in [1.807, 2.05) is 13.8 Å². The predicted molar refractivity (Wildman–Crippen MR) is 54.2 cm³/mol. The molecular formula is C11H17FO3. The number of aliphatic hydroxyl groups is 1. The van der Waals surface area contributed by atoms with Gasteiger partial charge in [-0.1, -0.05) is 26.0 Å². The lowest BCUT2D eigenvalue weighted by Gasteiger charge is -2.33. The first kappa shape index (κ1) is 12.2. The maximum absolute atomic E-state index is 13.2. The van der Waals surface area contributed by atoms with Crippen molar-refractivity contribution in [3.8, 4) is 0 Å². The van der Waals surface area contributed by atoms with Gasteiger partial charge in [-0.05, 0) is 24.7 Å². The molecule has 0 spiro atoms. The molecule has 0 aliphatic heterocycles. The van der Waals surface area contributed by atoms with Crippen molar-refractivity contribution in [1.29, 1.82) is 0 Å². The summed E-state index contributed by atoms with van der Waals surface area (Å²) in [6.45, 7) is 4.09. The van der Waals surface area contributed by atoms with E-state index >= 15 is 0 Å². The molecule has 0 amide bonds. The molecule has 0 fully saturated rings. The molecule has 86 valence electrons. The Kier molecular flexibility index (Phi) is 3.50. The van der Waals surface area contributed by atoms with Crippen LogP contribution in [-0.2, 0) is 4.79 Å². The Morgan fingerprint density at radius 2 is 2.20 bits per heavy atom. The lowest BCUT2D eigenvalue weighted by atomic mass is 9.78. The summed E-state index contributed by atoms with van der Waals surface area (Å²) in [6, 6.07) is 0. The molecule has 1 rings (SSSR count). The minimum atomic E-state index is -2.23. The predicted octanol–water partition coefficient (Wildman–Crippen LogP) is 1.76. The van der Waals surface area contributed by atoms with Gasteiger partial charge in [0.1, 0.15) is 5.60 Å². The molecular weight excluding hydrogens is 199 g/mol. The van der Waals surface area contributed by atoms with Crippen LogP contribution < -0.4 is 0 Å². The minimum absolute atomic E-state index is 0.166. The van der Waals surface area contributed by atoms with Crippen LogP contribution in [0, 0.1) is 11.8 Å². The first-order valence-electron chi connectivity index (χ1n) is 5.15. The van der Waals surface area contributed by atoms with Gasteiger partial charge in [-0.15, -0.1) is 0 Å².